The Balaban J connectivity index is 0.00000288. The second kappa shape index (κ2) is 9.55. The van der Waals surface area contributed by atoms with Gasteiger partial charge in [0, 0.05) is 13.6 Å². The minimum absolute atomic E-state index is 0. The molecular formula is C15H11I3NNaO4. The smallest absolute Gasteiger partial charge is 0.871 e. The van der Waals surface area contributed by atoms with E-state index in [2.05, 4.69) is 0 Å². The van der Waals surface area contributed by atoms with Gasteiger partial charge in [0.15, 0.2) is 3.55 Å². The number of rotatable bonds is 5. The maximum absolute atomic E-state index is 11.7. The molecule has 0 unspecified atom stereocenters. The number of alkyl halides is 1. The molecule has 0 saturated heterocycles. The first-order chi connectivity index (χ1) is 10.7. The van der Waals surface area contributed by atoms with Gasteiger partial charge in [-0.2, -0.15) is 0 Å². The summed E-state index contributed by atoms with van der Waals surface area (Å²) >= 11 is 5.68. The Bertz CT molecular complexity index is 715. The molecule has 0 aliphatic carbocycles. The summed E-state index contributed by atoms with van der Waals surface area (Å²) in [5.41, 5.74) is 6.53. The van der Waals surface area contributed by atoms with E-state index in [0.29, 0.717) is 18.6 Å². The van der Waals surface area contributed by atoms with Gasteiger partial charge in [-0.25, -0.2) is 4.79 Å². The Morgan fingerprint density at radius 1 is 1.17 bits per heavy atom. The Morgan fingerprint density at radius 2 is 1.67 bits per heavy atom. The van der Waals surface area contributed by atoms with Crippen LogP contribution in [0.1, 0.15) is 5.56 Å². The van der Waals surface area contributed by atoms with Gasteiger partial charge in [0.25, 0.3) is 0 Å². The van der Waals surface area contributed by atoms with Gasteiger partial charge in [0.05, 0.1) is 0 Å². The third kappa shape index (κ3) is 6.13. The van der Waals surface area contributed by atoms with E-state index in [0.717, 1.165) is 5.56 Å². The van der Waals surface area contributed by atoms with E-state index >= 15 is 0 Å². The van der Waals surface area contributed by atoms with Crippen molar-refractivity contribution in [2.45, 2.75) is 9.97 Å². The molecule has 0 amide bonds. The molecule has 0 spiro atoms. The van der Waals surface area contributed by atoms with Crippen molar-refractivity contribution in [3.05, 3.63) is 49.1 Å². The van der Waals surface area contributed by atoms with Crippen LogP contribution in [0.15, 0.2) is 36.4 Å². The van der Waals surface area contributed by atoms with Crippen molar-refractivity contribution < 1.29 is 49.3 Å². The van der Waals surface area contributed by atoms with E-state index in [1.165, 1.54) is 0 Å². The molecule has 5 nitrogen and oxygen atoms in total. The molecule has 2 aromatic carbocycles. The number of carbonyl (C=O) groups is 1. The minimum Gasteiger partial charge on any atom is -0.871 e. The van der Waals surface area contributed by atoms with Crippen LogP contribution in [0, 0.1) is 7.14 Å². The van der Waals surface area contributed by atoms with E-state index in [-0.39, 0.29) is 41.7 Å². The molecular weight excluding hydrogens is 662 g/mol. The molecule has 0 fully saturated rings. The molecule has 9 heteroatoms. The number of benzene rings is 2. The van der Waals surface area contributed by atoms with Gasteiger partial charge in [-0.05, 0) is 97.6 Å². The number of nitrogens with two attached hydrogens (primary N) is 1. The van der Waals surface area contributed by atoms with Crippen molar-refractivity contribution >= 4 is 73.7 Å². The van der Waals surface area contributed by atoms with Crippen LogP contribution in [0.25, 0.3) is 0 Å². The number of carboxylic acids is 1. The fraction of sp³-hybridized carbons (Fsp3) is 0.133. The zero-order valence-corrected chi connectivity index (χ0v) is 21.0. The van der Waals surface area contributed by atoms with E-state index in [4.69, 9.17) is 15.6 Å². The van der Waals surface area contributed by atoms with Crippen LogP contribution in [0.2, 0.25) is 0 Å². The Labute approximate surface area is 202 Å². The Morgan fingerprint density at radius 3 is 2.12 bits per heavy atom. The van der Waals surface area contributed by atoms with Crippen molar-refractivity contribution in [1.29, 1.82) is 0 Å². The molecule has 3 N–H and O–H groups in total. The predicted octanol–water partition coefficient (Wildman–Crippen LogP) is 0.483. The van der Waals surface area contributed by atoms with Crippen LogP contribution in [-0.4, -0.2) is 14.6 Å². The van der Waals surface area contributed by atoms with Crippen LogP contribution in [0.4, 0.5) is 0 Å². The van der Waals surface area contributed by atoms with Gasteiger partial charge in [0.2, 0.25) is 0 Å². The molecule has 2 rings (SSSR count). The van der Waals surface area contributed by atoms with Crippen molar-refractivity contribution in [2.75, 3.05) is 0 Å². The normalized spacial score (nSPS) is 12.8. The van der Waals surface area contributed by atoms with Gasteiger partial charge in [-0.3, -0.25) is 0 Å². The van der Waals surface area contributed by atoms with Crippen LogP contribution in [-0.2, 0) is 11.2 Å². The zero-order valence-electron chi connectivity index (χ0n) is 12.6. The SMILES string of the molecule is N[C@@](I)(Cc1ccc(Oc2cc(I)c([O-])c(I)c2)cc1)C(=O)O.[Na+]. The quantitative estimate of drug-likeness (QED) is 0.209. The summed E-state index contributed by atoms with van der Waals surface area (Å²) in [4.78, 5) is 11.0. The number of halogens is 3. The third-order valence-corrected chi connectivity index (χ3v) is 5.39. The average molecular weight is 673 g/mol. The van der Waals surface area contributed by atoms with Crippen molar-refractivity contribution in [3.63, 3.8) is 0 Å². The number of carboxylic acid groups (broad SMARTS) is 1. The van der Waals surface area contributed by atoms with Crippen molar-refractivity contribution in [2.24, 2.45) is 5.73 Å². The first kappa shape index (κ1) is 22.7. The molecule has 24 heavy (non-hydrogen) atoms. The van der Waals surface area contributed by atoms with Crippen LogP contribution >= 0.6 is 67.8 Å². The first-order valence-corrected chi connectivity index (χ1v) is 9.57. The molecule has 0 saturated carbocycles. The first-order valence-electron chi connectivity index (χ1n) is 6.33. The van der Waals surface area contributed by atoms with Crippen LogP contribution in [0.3, 0.4) is 0 Å². The summed E-state index contributed by atoms with van der Waals surface area (Å²) in [7, 11) is 0. The molecule has 1 atom stereocenters. The maximum Gasteiger partial charge on any atom is 1.00 e. The number of ether oxygens (including phenoxy) is 1. The van der Waals surface area contributed by atoms with Gasteiger partial charge < -0.3 is 20.7 Å². The van der Waals surface area contributed by atoms with E-state index in [1.807, 2.05) is 45.2 Å². The van der Waals surface area contributed by atoms with Crippen molar-refractivity contribution in [1.82, 2.24) is 0 Å². The summed E-state index contributed by atoms with van der Waals surface area (Å²) in [6.07, 6.45) is 0.212. The number of aliphatic carboxylic acids is 1. The van der Waals surface area contributed by atoms with Gasteiger partial charge >= 0.3 is 35.5 Å². The van der Waals surface area contributed by atoms with Crippen molar-refractivity contribution in [3.8, 4) is 17.2 Å². The molecule has 2 aromatic rings. The van der Waals surface area contributed by atoms with E-state index in [1.54, 1.807) is 59.0 Å². The second-order valence-corrected chi connectivity index (χ2v) is 9.06. The monoisotopic (exact) mass is 673 g/mol. The summed E-state index contributed by atoms with van der Waals surface area (Å²) in [5, 5.41) is 20.7. The number of hydrogen-bond donors (Lipinski definition) is 2. The zero-order chi connectivity index (χ0) is 17.2. The largest absolute Gasteiger partial charge is 1.00 e. The Hall–Kier alpha value is 0.660. The van der Waals surface area contributed by atoms with Gasteiger partial charge in [-0.15, -0.1) is 0 Å². The molecule has 0 aliphatic heterocycles. The van der Waals surface area contributed by atoms with Crippen LogP contribution in [0.5, 0.6) is 17.2 Å². The van der Waals surface area contributed by atoms with Gasteiger partial charge in [-0.1, -0.05) is 17.9 Å². The Kier molecular flexibility index (Phi) is 9.04. The molecule has 0 heterocycles. The minimum atomic E-state index is -1.34. The average Bonchev–Trinajstić information content (AvgIpc) is 2.46. The summed E-state index contributed by atoms with van der Waals surface area (Å²) in [6.45, 7) is 0. The fourth-order valence-electron chi connectivity index (χ4n) is 1.78. The molecule has 0 bridgehead atoms. The summed E-state index contributed by atoms with van der Waals surface area (Å²) in [6, 6.07) is 10.4. The molecule has 0 aromatic heterocycles. The predicted molar refractivity (Wildman–Crippen MR) is 110 cm³/mol. The standard InChI is InChI=1S/C15H12I3NO4.Na/c16-11-5-10(6-12(17)13(11)20)23-9-3-1-8(2-4-9)7-15(18,19)14(21)22;/h1-6,20H,7,19H2,(H,21,22);/q;+1/p-1/t15-;/m0./s1. The van der Waals surface area contributed by atoms with Crippen LogP contribution < -0.4 is 45.1 Å². The second-order valence-electron chi connectivity index (χ2n) is 4.81. The molecule has 122 valence electrons. The van der Waals surface area contributed by atoms with E-state index < -0.39 is 9.51 Å². The summed E-state index contributed by atoms with van der Waals surface area (Å²) < 4.78 is 5.59. The summed E-state index contributed by atoms with van der Waals surface area (Å²) in [5.74, 6) is 0.119. The number of hydrogen-bond acceptors (Lipinski definition) is 4. The molecule has 0 radical (unpaired) electrons. The third-order valence-electron chi connectivity index (χ3n) is 2.95. The molecule has 0 aliphatic rings. The van der Waals surface area contributed by atoms with Gasteiger partial charge in [0.1, 0.15) is 11.5 Å². The topological polar surface area (TPSA) is 95.6 Å². The maximum atomic E-state index is 11.7. The fourth-order valence-corrected chi connectivity index (χ4v) is 3.93. The van der Waals surface area contributed by atoms with E-state index in [9.17, 15) is 9.90 Å².